The van der Waals surface area contributed by atoms with Gasteiger partial charge in [0, 0.05) is 37.6 Å². The van der Waals surface area contributed by atoms with Crippen molar-refractivity contribution in [3.05, 3.63) is 64.7 Å². The van der Waals surface area contributed by atoms with E-state index in [9.17, 15) is 9.59 Å². The van der Waals surface area contributed by atoms with Crippen molar-refractivity contribution in [3.63, 3.8) is 0 Å². The van der Waals surface area contributed by atoms with Gasteiger partial charge in [0.05, 0.1) is 18.2 Å². The summed E-state index contributed by atoms with van der Waals surface area (Å²) in [6, 6.07) is 14.9. The molecule has 0 saturated heterocycles. The lowest BCUT2D eigenvalue weighted by atomic mass is 9.98. The fourth-order valence-corrected chi connectivity index (χ4v) is 3.46. The Labute approximate surface area is 169 Å². The van der Waals surface area contributed by atoms with Crippen LogP contribution >= 0.6 is 11.6 Å². The fourth-order valence-electron chi connectivity index (χ4n) is 3.19. The Morgan fingerprint density at radius 2 is 1.93 bits per heavy atom. The molecule has 0 bridgehead atoms. The van der Waals surface area contributed by atoms with E-state index in [4.69, 9.17) is 16.7 Å². The van der Waals surface area contributed by atoms with Crippen molar-refractivity contribution in [2.24, 2.45) is 5.10 Å². The van der Waals surface area contributed by atoms with Gasteiger partial charge >= 0.3 is 5.97 Å². The van der Waals surface area contributed by atoms with E-state index < -0.39 is 5.97 Å². The number of anilines is 1. The third-order valence-electron chi connectivity index (χ3n) is 4.68. The summed E-state index contributed by atoms with van der Waals surface area (Å²) in [4.78, 5) is 25.6. The Bertz CT molecular complexity index is 927. The molecule has 0 radical (unpaired) electrons. The molecule has 6 nitrogen and oxygen atoms in total. The normalized spacial score (nSPS) is 16.0. The predicted molar refractivity (Wildman–Crippen MR) is 110 cm³/mol. The number of halogens is 1. The van der Waals surface area contributed by atoms with Crippen molar-refractivity contribution in [1.82, 2.24) is 5.01 Å². The van der Waals surface area contributed by atoms with Crippen LogP contribution in [-0.4, -0.2) is 41.8 Å². The van der Waals surface area contributed by atoms with Gasteiger partial charge < -0.3 is 10.0 Å². The average Bonchev–Trinajstić information content (AvgIpc) is 3.12. The van der Waals surface area contributed by atoms with Crippen LogP contribution < -0.4 is 4.90 Å². The number of hydrogen-bond acceptors (Lipinski definition) is 4. The summed E-state index contributed by atoms with van der Waals surface area (Å²) in [5.41, 5.74) is 3.54. The first kappa shape index (κ1) is 19.9. The van der Waals surface area contributed by atoms with Gasteiger partial charge in [0.1, 0.15) is 0 Å². The molecule has 0 aliphatic carbocycles. The Morgan fingerprint density at radius 3 is 2.61 bits per heavy atom. The lowest BCUT2D eigenvalue weighted by molar-refractivity contribution is -0.141. The van der Waals surface area contributed by atoms with Gasteiger partial charge in [-0.2, -0.15) is 5.10 Å². The molecule has 0 unspecified atom stereocenters. The molecule has 0 saturated carbocycles. The number of carboxylic acids is 1. The zero-order valence-electron chi connectivity index (χ0n) is 15.8. The number of benzene rings is 2. The number of carbonyl (C=O) groups excluding carboxylic acids is 1. The lowest BCUT2D eigenvalue weighted by Crippen LogP contribution is -2.27. The highest BCUT2D eigenvalue weighted by Crippen LogP contribution is 2.37. The highest BCUT2D eigenvalue weighted by atomic mass is 35.5. The van der Waals surface area contributed by atoms with E-state index in [1.54, 1.807) is 6.07 Å². The summed E-state index contributed by atoms with van der Waals surface area (Å²) >= 11 is 6.37. The van der Waals surface area contributed by atoms with Crippen LogP contribution in [0.5, 0.6) is 0 Å². The van der Waals surface area contributed by atoms with Gasteiger partial charge in [-0.15, -0.1) is 0 Å². The van der Waals surface area contributed by atoms with E-state index in [-0.39, 0.29) is 24.8 Å². The molecule has 0 fully saturated rings. The molecule has 0 spiro atoms. The number of rotatable bonds is 6. The van der Waals surface area contributed by atoms with Crippen LogP contribution in [0.15, 0.2) is 53.6 Å². The van der Waals surface area contributed by atoms with Crippen molar-refractivity contribution in [2.75, 3.05) is 19.0 Å². The van der Waals surface area contributed by atoms with E-state index in [1.165, 1.54) is 5.01 Å². The Hall–Kier alpha value is -2.86. The average molecular weight is 400 g/mol. The van der Waals surface area contributed by atoms with Crippen molar-refractivity contribution < 1.29 is 14.7 Å². The van der Waals surface area contributed by atoms with Crippen LogP contribution in [0, 0.1) is 0 Å². The maximum atomic E-state index is 12.7. The Balaban J connectivity index is 1.95. The second-order valence-electron chi connectivity index (χ2n) is 6.86. The molecule has 1 N–H and O–H groups in total. The number of hydrazone groups is 1. The van der Waals surface area contributed by atoms with Gasteiger partial charge in [-0.25, -0.2) is 5.01 Å². The molecule has 0 aromatic heterocycles. The van der Waals surface area contributed by atoms with E-state index in [2.05, 4.69) is 5.10 Å². The number of carboxylic acid groups (broad SMARTS) is 1. The zero-order valence-corrected chi connectivity index (χ0v) is 16.6. The van der Waals surface area contributed by atoms with Crippen LogP contribution in [0.4, 0.5) is 5.69 Å². The molecule has 1 heterocycles. The van der Waals surface area contributed by atoms with Crippen molar-refractivity contribution in [2.45, 2.75) is 25.3 Å². The molecule has 7 heteroatoms. The summed E-state index contributed by atoms with van der Waals surface area (Å²) in [7, 11) is 3.92. The summed E-state index contributed by atoms with van der Waals surface area (Å²) < 4.78 is 0. The SMILES string of the molecule is CN(C)c1cccc(C2=NN(C(=O)CCC(=O)O)[C@@H](c3ccccc3Cl)C2)c1. The number of hydrogen-bond donors (Lipinski definition) is 1. The number of amides is 1. The van der Waals surface area contributed by atoms with E-state index >= 15 is 0 Å². The molecule has 1 aliphatic rings. The van der Waals surface area contributed by atoms with Crippen LogP contribution in [-0.2, 0) is 9.59 Å². The molecule has 1 atom stereocenters. The van der Waals surface area contributed by atoms with Crippen molar-refractivity contribution in [1.29, 1.82) is 0 Å². The molecule has 2 aromatic rings. The van der Waals surface area contributed by atoms with Crippen LogP contribution in [0.3, 0.4) is 0 Å². The molecular formula is C21H22ClN3O3. The fraction of sp³-hybridized carbons (Fsp3) is 0.286. The van der Waals surface area contributed by atoms with Gasteiger partial charge in [0.15, 0.2) is 0 Å². The monoisotopic (exact) mass is 399 g/mol. The first-order chi connectivity index (χ1) is 13.4. The maximum absolute atomic E-state index is 12.7. The van der Waals surface area contributed by atoms with Gasteiger partial charge in [0.25, 0.3) is 0 Å². The molecular weight excluding hydrogens is 378 g/mol. The summed E-state index contributed by atoms with van der Waals surface area (Å²) in [6.07, 6.45) is 0.176. The van der Waals surface area contributed by atoms with Crippen LogP contribution in [0.25, 0.3) is 0 Å². The summed E-state index contributed by atoms with van der Waals surface area (Å²) in [5.74, 6) is -1.34. The van der Waals surface area contributed by atoms with Gasteiger partial charge in [-0.1, -0.05) is 41.9 Å². The van der Waals surface area contributed by atoms with Gasteiger partial charge in [-0.3, -0.25) is 9.59 Å². The van der Waals surface area contributed by atoms with E-state index in [1.807, 2.05) is 61.5 Å². The van der Waals surface area contributed by atoms with E-state index in [0.717, 1.165) is 22.5 Å². The van der Waals surface area contributed by atoms with Crippen molar-refractivity contribution >= 4 is 34.9 Å². The topological polar surface area (TPSA) is 73.2 Å². The minimum absolute atomic E-state index is 0.106. The minimum atomic E-state index is -1.01. The van der Waals surface area contributed by atoms with Crippen LogP contribution in [0.2, 0.25) is 5.02 Å². The smallest absolute Gasteiger partial charge is 0.303 e. The molecule has 28 heavy (non-hydrogen) atoms. The first-order valence-electron chi connectivity index (χ1n) is 9.00. The molecule has 1 aliphatic heterocycles. The Kier molecular flexibility index (Phi) is 5.99. The van der Waals surface area contributed by atoms with Gasteiger partial charge in [-0.05, 0) is 29.3 Å². The standard InChI is InChI=1S/C21H22ClN3O3/c1-24(2)15-7-5-6-14(12-15)18-13-19(16-8-3-4-9-17(16)22)25(23-18)20(26)10-11-21(27)28/h3-9,12,19H,10-11,13H2,1-2H3,(H,27,28)/t19-/m1/s1. The predicted octanol–water partition coefficient (Wildman–Crippen LogP) is 3.95. The quantitative estimate of drug-likeness (QED) is 0.798. The zero-order chi connectivity index (χ0) is 20.3. The number of carbonyl (C=O) groups is 2. The second-order valence-corrected chi connectivity index (χ2v) is 7.27. The third-order valence-corrected chi connectivity index (χ3v) is 5.02. The van der Waals surface area contributed by atoms with Crippen molar-refractivity contribution in [3.8, 4) is 0 Å². The number of nitrogens with zero attached hydrogens (tertiary/aromatic N) is 3. The van der Waals surface area contributed by atoms with Gasteiger partial charge in [0.2, 0.25) is 5.91 Å². The minimum Gasteiger partial charge on any atom is -0.481 e. The lowest BCUT2D eigenvalue weighted by Gasteiger charge is -2.22. The molecule has 3 rings (SSSR count). The maximum Gasteiger partial charge on any atom is 0.303 e. The molecule has 146 valence electrons. The highest BCUT2D eigenvalue weighted by Gasteiger charge is 2.34. The van der Waals surface area contributed by atoms with Crippen LogP contribution in [0.1, 0.15) is 36.4 Å². The van der Waals surface area contributed by atoms with E-state index in [0.29, 0.717) is 11.4 Å². The Morgan fingerprint density at radius 1 is 1.18 bits per heavy atom. The second kappa shape index (κ2) is 8.44. The summed E-state index contributed by atoms with van der Waals surface area (Å²) in [6.45, 7) is 0. The number of aliphatic carboxylic acids is 1. The highest BCUT2D eigenvalue weighted by molar-refractivity contribution is 6.31. The third kappa shape index (κ3) is 4.34. The summed E-state index contributed by atoms with van der Waals surface area (Å²) in [5, 5.41) is 15.4. The molecule has 2 aromatic carbocycles. The largest absolute Gasteiger partial charge is 0.481 e. The first-order valence-corrected chi connectivity index (χ1v) is 9.38. The molecule has 1 amide bonds.